The fraction of sp³-hybridized carbons (Fsp3) is 0.412. The molecule has 4 rings (SSSR count). The summed E-state index contributed by atoms with van der Waals surface area (Å²) in [5.74, 6) is 1.11. The fourth-order valence-corrected chi connectivity index (χ4v) is 4.49. The first-order chi connectivity index (χ1) is 11.5. The number of nitrogens with zero attached hydrogens (tertiary/aromatic N) is 2. The summed E-state index contributed by atoms with van der Waals surface area (Å²) in [6.07, 6.45) is 6.17. The van der Waals surface area contributed by atoms with E-state index in [-0.39, 0.29) is 16.7 Å². The Kier molecular flexibility index (Phi) is 3.68. The van der Waals surface area contributed by atoms with E-state index in [1.165, 1.54) is 6.20 Å². The number of carbonyl (C=O) groups is 1. The van der Waals surface area contributed by atoms with Crippen molar-refractivity contribution >= 4 is 21.5 Å². The number of benzene rings is 1. The van der Waals surface area contributed by atoms with Gasteiger partial charge >= 0.3 is 0 Å². The van der Waals surface area contributed by atoms with Crippen molar-refractivity contribution in [3.63, 3.8) is 0 Å². The number of anilines is 1. The lowest BCUT2D eigenvalue weighted by Gasteiger charge is -2.23. The van der Waals surface area contributed by atoms with E-state index in [4.69, 9.17) is 0 Å². The Morgan fingerprint density at radius 2 is 1.92 bits per heavy atom. The van der Waals surface area contributed by atoms with Crippen molar-refractivity contribution in [2.75, 3.05) is 4.72 Å². The number of hydrogen-bond donors (Lipinski definition) is 1. The molecule has 1 N–H and O–H groups in total. The molecule has 6 nitrogen and oxygen atoms in total. The largest absolute Gasteiger partial charge is 0.318 e. The summed E-state index contributed by atoms with van der Waals surface area (Å²) in [4.78, 5) is 16.4. The highest BCUT2D eigenvalue weighted by atomic mass is 32.2. The molecule has 0 atom stereocenters. The van der Waals surface area contributed by atoms with Crippen LogP contribution in [0.5, 0.6) is 0 Å². The first kappa shape index (κ1) is 15.4. The third-order valence-electron chi connectivity index (χ3n) is 4.86. The number of fused-ring (bicyclic) bond motifs is 1. The molecule has 2 heterocycles. The molecule has 0 bridgehead atoms. The number of aromatic nitrogens is 2. The van der Waals surface area contributed by atoms with Crippen LogP contribution in [0, 0.1) is 5.92 Å². The Morgan fingerprint density at radius 3 is 2.58 bits per heavy atom. The van der Waals surface area contributed by atoms with Crippen molar-refractivity contribution in [2.24, 2.45) is 5.92 Å². The zero-order valence-electron chi connectivity index (χ0n) is 13.2. The number of rotatable bonds is 5. The number of carbonyl (C=O) groups excluding carboxylic acids is 1. The zero-order chi connectivity index (χ0) is 16.7. The Bertz CT molecular complexity index is 880. The van der Waals surface area contributed by atoms with Gasteiger partial charge in [-0.15, -0.1) is 0 Å². The normalized spacial score (nSPS) is 17.3. The summed E-state index contributed by atoms with van der Waals surface area (Å²) in [5, 5.41) is 0.199. The molecule has 1 aliphatic heterocycles. The van der Waals surface area contributed by atoms with E-state index in [2.05, 4.69) is 9.71 Å². The maximum absolute atomic E-state index is 12.6. The summed E-state index contributed by atoms with van der Waals surface area (Å²) in [6.45, 7) is 0.681. The minimum absolute atomic E-state index is 0.141. The highest BCUT2D eigenvalue weighted by Gasteiger charge is 2.27. The second-order valence-corrected chi connectivity index (χ2v) is 8.07. The van der Waals surface area contributed by atoms with Crippen LogP contribution in [-0.4, -0.2) is 23.8 Å². The van der Waals surface area contributed by atoms with E-state index >= 15 is 0 Å². The predicted molar refractivity (Wildman–Crippen MR) is 89.5 cm³/mol. The Morgan fingerprint density at radius 1 is 1.17 bits per heavy atom. The summed E-state index contributed by atoms with van der Waals surface area (Å²) < 4.78 is 29.5. The van der Waals surface area contributed by atoms with E-state index in [0.717, 1.165) is 37.9 Å². The van der Waals surface area contributed by atoms with Crippen molar-refractivity contribution in [1.29, 1.82) is 0 Å². The molecule has 1 fully saturated rings. The molecule has 1 saturated carbocycles. The van der Waals surface area contributed by atoms with Gasteiger partial charge in [-0.2, -0.15) is 8.42 Å². The van der Waals surface area contributed by atoms with Crippen molar-refractivity contribution in [1.82, 2.24) is 9.55 Å². The summed E-state index contributed by atoms with van der Waals surface area (Å²) in [6, 6.07) is 6.67. The Labute approximate surface area is 141 Å². The molecular weight excluding hydrogens is 326 g/mol. The highest BCUT2D eigenvalue weighted by molar-refractivity contribution is 7.92. The lowest BCUT2D eigenvalue weighted by atomic mass is 9.80. The van der Waals surface area contributed by atoms with Gasteiger partial charge in [-0.3, -0.25) is 9.52 Å². The van der Waals surface area contributed by atoms with E-state index in [1.807, 2.05) is 0 Å². The summed E-state index contributed by atoms with van der Waals surface area (Å²) in [7, 11) is -3.67. The van der Waals surface area contributed by atoms with E-state index in [1.54, 1.807) is 28.8 Å². The molecule has 1 aromatic carbocycles. The third-order valence-corrected chi connectivity index (χ3v) is 6.24. The molecule has 0 spiro atoms. The molecule has 2 aliphatic rings. The molecule has 126 valence electrons. The van der Waals surface area contributed by atoms with Gasteiger partial charge in [0.1, 0.15) is 5.82 Å². The van der Waals surface area contributed by atoms with Gasteiger partial charge in [0.25, 0.3) is 10.0 Å². The lowest BCUT2D eigenvalue weighted by molar-refractivity contribution is 0.0855. The van der Waals surface area contributed by atoms with Crippen LogP contribution in [0.1, 0.15) is 41.9 Å². The van der Waals surface area contributed by atoms with Crippen molar-refractivity contribution in [2.45, 2.75) is 43.7 Å². The van der Waals surface area contributed by atoms with Gasteiger partial charge in [-0.1, -0.05) is 6.42 Å². The van der Waals surface area contributed by atoms with Crippen LogP contribution in [0.15, 0.2) is 35.5 Å². The summed E-state index contributed by atoms with van der Waals surface area (Å²) >= 11 is 0. The minimum atomic E-state index is -3.67. The van der Waals surface area contributed by atoms with E-state index in [0.29, 0.717) is 17.8 Å². The molecular formula is C17H19N3O3S. The van der Waals surface area contributed by atoms with Crippen molar-refractivity contribution < 1.29 is 13.2 Å². The van der Waals surface area contributed by atoms with Gasteiger partial charge in [0.05, 0.1) is 6.20 Å². The smallest absolute Gasteiger partial charge is 0.279 e. The quantitative estimate of drug-likeness (QED) is 0.845. The molecule has 1 aliphatic carbocycles. The molecule has 24 heavy (non-hydrogen) atoms. The maximum atomic E-state index is 12.6. The number of hydrogen-bond acceptors (Lipinski definition) is 4. The van der Waals surface area contributed by atoms with Gasteiger partial charge in [-0.05, 0) is 43.5 Å². The first-order valence-electron chi connectivity index (χ1n) is 8.26. The number of aryl methyl sites for hydroxylation is 1. The van der Waals surface area contributed by atoms with Crippen molar-refractivity contribution in [3.05, 3.63) is 41.9 Å². The monoisotopic (exact) mass is 345 g/mol. The molecule has 7 heteroatoms. The van der Waals surface area contributed by atoms with Crippen LogP contribution in [0.3, 0.4) is 0 Å². The number of imidazole rings is 1. The molecule has 0 amide bonds. The van der Waals surface area contributed by atoms with Gasteiger partial charge in [0, 0.05) is 30.1 Å². The molecule has 0 saturated heterocycles. The number of ketones is 1. The molecule has 0 unspecified atom stereocenters. The van der Waals surface area contributed by atoms with Crippen LogP contribution in [0.2, 0.25) is 0 Å². The number of Topliss-reactive ketones (excluding diaryl/α,β-unsaturated/α-hetero) is 1. The highest BCUT2D eigenvalue weighted by Crippen LogP contribution is 2.30. The Balaban J connectivity index is 1.53. The second-order valence-electron chi connectivity index (χ2n) is 6.44. The van der Waals surface area contributed by atoms with Gasteiger partial charge in [0.15, 0.2) is 10.8 Å². The number of sulfonamides is 1. The molecule has 0 radical (unpaired) electrons. The SMILES string of the molecule is O=C(c1ccc(NS(=O)(=O)c2cnc3n2CCC3)cc1)C1CCC1. The average molecular weight is 345 g/mol. The number of nitrogens with one attached hydrogen (secondary N) is 1. The zero-order valence-corrected chi connectivity index (χ0v) is 14.1. The predicted octanol–water partition coefficient (Wildman–Crippen LogP) is 2.61. The van der Waals surface area contributed by atoms with Gasteiger partial charge in [-0.25, -0.2) is 4.98 Å². The summed E-state index contributed by atoms with van der Waals surface area (Å²) in [5.41, 5.74) is 1.10. The van der Waals surface area contributed by atoms with Crippen molar-refractivity contribution in [3.8, 4) is 0 Å². The second kappa shape index (κ2) is 5.73. The van der Waals surface area contributed by atoms with Crippen LogP contribution in [0.25, 0.3) is 0 Å². The maximum Gasteiger partial charge on any atom is 0.279 e. The molecule has 2 aromatic rings. The lowest BCUT2D eigenvalue weighted by Crippen LogP contribution is -2.22. The van der Waals surface area contributed by atoms with Gasteiger partial charge < -0.3 is 4.57 Å². The van der Waals surface area contributed by atoms with Gasteiger partial charge in [0.2, 0.25) is 0 Å². The standard InChI is InChI=1S/C17H19N3O3S/c21-17(12-3-1-4-12)13-6-8-14(9-7-13)19-24(22,23)16-11-18-15-5-2-10-20(15)16/h6-9,11-12,19H,1-5,10H2. The van der Waals surface area contributed by atoms with E-state index < -0.39 is 10.0 Å². The topological polar surface area (TPSA) is 81.1 Å². The third kappa shape index (κ3) is 2.62. The fourth-order valence-electron chi connectivity index (χ4n) is 3.26. The van der Waals surface area contributed by atoms with Crippen LogP contribution in [0.4, 0.5) is 5.69 Å². The Hall–Kier alpha value is -2.15. The first-order valence-corrected chi connectivity index (χ1v) is 9.74. The van der Waals surface area contributed by atoms with Crippen LogP contribution >= 0.6 is 0 Å². The molecule has 1 aromatic heterocycles. The van der Waals surface area contributed by atoms with E-state index in [9.17, 15) is 13.2 Å². The van der Waals surface area contributed by atoms with Crippen LogP contribution in [-0.2, 0) is 23.0 Å². The average Bonchev–Trinajstić information content (AvgIpc) is 3.08. The van der Waals surface area contributed by atoms with Crippen LogP contribution < -0.4 is 4.72 Å². The minimum Gasteiger partial charge on any atom is -0.318 e.